The molecule has 5 unspecified atom stereocenters. The summed E-state index contributed by atoms with van der Waals surface area (Å²) in [7, 11) is 0. The second-order valence-electron chi connectivity index (χ2n) is 11.3. The van der Waals surface area contributed by atoms with Gasteiger partial charge in [0.2, 0.25) is 0 Å². The fourth-order valence-corrected chi connectivity index (χ4v) is 6.24. The van der Waals surface area contributed by atoms with Crippen LogP contribution in [0.2, 0.25) is 0 Å². The van der Waals surface area contributed by atoms with Crippen molar-refractivity contribution in [3.05, 3.63) is 53.5 Å². The van der Waals surface area contributed by atoms with Crippen LogP contribution in [-0.4, -0.2) is 40.3 Å². The standard InChI is InChI=1S/C27H33F3N8O/c1-26(35-21-11-16-9-17(16)12-21)31-8-7-23(36-26)34-24-14-22(37-38-24)15-5-6-20(10-15)33-25(39)32-19-4-2-3-18(13-19)27(28,29)30/h2-4,7-8,13-17,20-21,35-36H,5-6,9-12H2,1H3,(H2,32,33,39)(H2,34,37,38)/t15?,16-,17?,20?,21?,26?/m1/s1. The van der Waals surface area contributed by atoms with Gasteiger partial charge in [0.25, 0.3) is 0 Å². The van der Waals surface area contributed by atoms with Crippen LogP contribution in [0, 0.1) is 11.8 Å². The molecule has 1 aromatic heterocycles. The van der Waals surface area contributed by atoms with Crippen molar-refractivity contribution in [1.82, 2.24) is 26.1 Å². The SMILES string of the molecule is CC1(NC2CC3C[C@@H]3C2)N=CC=C(Nc2cc(C3CCC(NC(=O)Nc4cccc(C(F)(F)F)c4)C3)[nH]n2)N1. The quantitative estimate of drug-likeness (QED) is 0.298. The van der Waals surface area contributed by atoms with Crippen LogP contribution < -0.4 is 26.6 Å². The molecule has 12 heteroatoms. The molecule has 2 heterocycles. The summed E-state index contributed by atoms with van der Waals surface area (Å²) in [6, 6.07) is 6.45. The number of hydrogen-bond donors (Lipinski definition) is 6. The molecule has 208 valence electrons. The molecule has 1 aliphatic heterocycles. The number of anilines is 2. The van der Waals surface area contributed by atoms with Crippen LogP contribution in [0.4, 0.5) is 29.5 Å². The summed E-state index contributed by atoms with van der Waals surface area (Å²) in [5.41, 5.74) is 0.265. The number of halogens is 3. The Bertz CT molecular complexity index is 1280. The van der Waals surface area contributed by atoms with Crippen LogP contribution in [0.25, 0.3) is 0 Å². The molecule has 0 radical (unpaired) electrons. The van der Waals surface area contributed by atoms with Crippen molar-refractivity contribution in [2.24, 2.45) is 16.8 Å². The maximum Gasteiger partial charge on any atom is 0.416 e. The summed E-state index contributed by atoms with van der Waals surface area (Å²) < 4.78 is 38.8. The number of H-pyrrole nitrogens is 1. The topological polar surface area (TPSA) is 118 Å². The molecular weight excluding hydrogens is 509 g/mol. The minimum absolute atomic E-state index is 0.0900. The van der Waals surface area contributed by atoms with Crippen molar-refractivity contribution in [3.8, 4) is 0 Å². The van der Waals surface area contributed by atoms with Crippen molar-refractivity contribution >= 4 is 23.8 Å². The van der Waals surface area contributed by atoms with E-state index < -0.39 is 23.6 Å². The summed E-state index contributed by atoms with van der Waals surface area (Å²) in [5, 5.41) is 23.3. The van der Waals surface area contributed by atoms with Crippen molar-refractivity contribution in [3.63, 3.8) is 0 Å². The second kappa shape index (κ2) is 9.89. The van der Waals surface area contributed by atoms with E-state index in [0.717, 1.165) is 48.3 Å². The van der Waals surface area contributed by atoms with Crippen LogP contribution in [0.3, 0.4) is 0 Å². The van der Waals surface area contributed by atoms with E-state index in [1.807, 2.05) is 19.1 Å². The van der Waals surface area contributed by atoms with Gasteiger partial charge in [-0.1, -0.05) is 6.07 Å². The lowest BCUT2D eigenvalue weighted by molar-refractivity contribution is -0.137. The van der Waals surface area contributed by atoms with Gasteiger partial charge in [0.05, 0.1) is 5.56 Å². The number of aliphatic imine (C=N–C) groups is 1. The molecule has 6 atom stereocenters. The largest absolute Gasteiger partial charge is 0.416 e. The molecule has 3 saturated carbocycles. The van der Waals surface area contributed by atoms with Crippen LogP contribution >= 0.6 is 0 Å². The Morgan fingerprint density at radius 2 is 1.90 bits per heavy atom. The molecule has 9 nitrogen and oxygen atoms in total. The molecule has 6 N–H and O–H groups in total. The van der Waals surface area contributed by atoms with Crippen molar-refractivity contribution in [2.75, 3.05) is 10.6 Å². The fraction of sp³-hybridized carbons (Fsp3) is 0.519. The van der Waals surface area contributed by atoms with Gasteiger partial charge in [-0.05, 0) is 81.6 Å². The number of carbonyl (C=O) groups is 1. The lowest BCUT2D eigenvalue weighted by Gasteiger charge is -2.35. The van der Waals surface area contributed by atoms with E-state index in [2.05, 4.69) is 41.8 Å². The Labute approximate surface area is 224 Å². The molecule has 3 fully saturated rings. The van der Waals surface area contributed by atoms with E-state index >= 15 is 0 Å². The van der Waals surface area contributed by atoms with Crippen molar-refractivity contribution in [1.29, 1.82) is 0 Å². The van der Waals surface area contributed by atoms with Gasteiger partial charge in [-0.3, -0.25) is 15.4 Å². The van der Waals surface area contributed by atoms with Gasteiger partial charge in [-0.2, -0.15) is 18.3 Å². The monoisotopic (exact) mass is 542 g/mol. The first kappa shape index (κ1) is 25.7. The third-order valence-electron chi connectivity index (χ3n) is 8.20. The van der Waals surface area contributed by atoms with Gasteiger partial charge < -0.3 is 21.3 Å². The molecular formula is C27H33F3N8O. The Morgan fingerprint density at radius 3 is 2.69 bits per heavy atom. The van der Waals surface area contributed by atoms with E-state index in [1.165, 1.54) is 31.4 Å². The van der Waals surface area contributed by atoms with Gasteiger partial charge in [-0.15, -0.1) is 0 Å². The van der Waals surface area contributed by atoms with Crippen molar-refractivity contribution in [2.45, 2.75) is 75.4 Å². The van der Waals surface area contributed by atoms with E-state index in [0.29, 0.717) is 18.3 Å². The minimum atomic E-state index is -4.46. The van der Waals surface area contributed by atoms with E-state index in [4.69, 9.17) is 0 Å². The number of nitrogens with zero attached hydrogens (tertiary/aromatic N) is 2. The van der Waals surface area contributed by atoms with Gasteiger partial charge in [-0.25, -0.2) is 4.79 Å². The van der Waals surface area contributed by atoms with Gasteiger partial charge in [0.1, 0.15) is 5.82 Å². The molecule has 0 spiro atoms. The van der Waals surface area contributed by atoms with Gasteiger partial charge in [0, 0.05) is 41.7 Å². The maximum atomic E-state index is 12.9. The second-order valence-corrected chi connectivity index (χ2v) is 11.3. The Kier molecular flexibility index (Phi) is 6.52. The molecule has 2 amide bonds. The summed E-state index contributed by atoms with van der Waals surface area (Å²) in [6.07, 6.45) is 5.35. The molecule has 3 aliphatic carbocycles. The zero-order valence-corrected chi connectivity index (χ0v) is 21.6. The summed E-state index contributed by atoms with van der Waals surface area (Å²) >= 11 is 0. The number of allylic oxidation sites excluding steroid dienone is 1. The van der Waals surface area contributed by atoms with E-state index in [-0.39, 0.29) is 17.6 Å². The smallest absolute Gasteiger partial charge is 0.335 e. The first-order valence-electron chi connectivity index (χ1n) is 13.5. The Morgan fingerprint density at radius 1 is 1.08 bits per heavy atom. The predicted octanol–water partition coefficient (Wildman–Crippen LogP) is 4.88. The molecule has 2 aromatic rings. The summed E-state index contributed by atoms with van der Waals surface area (Å²) in [6.45, 7) is 2.03. The number of benzene rings is 1. The number of aromatic amines is 1. The lowest BCUT2D eigenvalue weighted by atomic mass is 10.0. The molecule has 0 bridgehead atoms. The highest BCUT2D eigenvalue weighted by atomic mass is 19.4. The first-order chi connectivity index (χ1) is 18.6. The van der Waals surface area contributed by atoms with E-state index in [9.17, 15) is 18.0 Å². The molecule has 39 heavy (non-hydrogen) atoms. The fourth-order valence-electron chi connectivity index (χ4n) is 6.24. The molecule has 6 rings (SSSR count). The number of alkyl halides is 3. The number of rotatable bonds is 7. The number of urea groups is 1. The predicted molar refractivity (Wildman–Crippen MR) is 142 cm³/mol. The third-order valence-corrected chi connectivity index (χ3v) is 8.20. The highest BCUT2D eigenvalue weighted by molar-refractivity contribution is 5.89. The normalized spacial score (nSPS) is 31.3. The Hall–Kier alpha value is -3.54. The lowest BCUT2D eigenvalue weighted by Crippen LogP contribution is -2.57. The van der Waals surface area contributed by atoms with E-state index in [1.54, 1.807) is 6.21 Å². The summed E-state index contributed by atoms with van der Waals surface area (Å²) in [5.74, 6) is 2.88. The van der Waals surface area contributed by atoms with Gasteiger partial charge in [0.15, 0.2) is 11.6 Å². The van der Waals surface area contributed by atoms with Crippen LogP contribution in [0.1, 0.15) is 62.6 Å². The first-order valence-corrected chi connectivity index (χ1v) is 13.5. The van der Waals surface area contributed by atoms with Gasteiger partial charge >= 0.3 is 12.2 Å². The highest BCUT2D eigenvalue weighted by Crippen LogP contribution is 2.52. The van der Waals surface area contributed by atoms with Crippen LogP contribution in [-0.2, 0) is 6.18 Å². The van der Waals surface area contributed by atoms with Crippen LogP contribution in [0.5, 0.6) is 0 Å². The zero-order valence-electron chi connectivity index (χ0n) is 21.6. The summed E-state index contributed by atoms with van der Waals surface area (Å²) in [4.78, 5) is 17.0. The third kappa shape index (κ3) is 6.05. The zero-order chi connectivity index (χ0) is 27.2. The number of amides is 2. The number of nitrogens with one attached hydrogen (secondary N) is 6. The number of hydrogen-bond acceptors (Lipinski definition) is 6. The number of carbonyl (C=O) groups excluding carboxylic acids is 1. The molecule has 1 aromatic carbocycles. The molecule has 4 aliphatic rings. The van der Waals surface area contributed by atoms with Crippen molar-refractivity contribution < 1.29 is 18.0 Å². The Balaban J connectivity index is 0.985. The minimum Gasteiger partial charge on any atom is -0.335 e. The number of aromatic nitrogens is 2. The highest BCUT2D eigenvalue weighted by Gasteiger charge is 2.47. The number of fused-ring (bicyclic) bond motifs is 1. The maximum absolute atomic E-state index is 12.9. The average molecular weight is 543 g/mol. The average Bonchev–Trinajstić information content (AvgIpc) is 3.24. The molecule has 0 saturated heterocycles. The van der Waals surface area contributed by atoms with Crippen LogP contribution in [0.15, 0.2) is 47.2 Å².